The highest BCUT2D eigenvalue weighted by Crippen LogP contribution is 2.37. The lowest BCUT2D eigenvalue weighted by Gasteiger charge is -2.42. The molecule has 2 amide bonds. The lowest BCUT2D eigenvalue weighted by Crippen LogP contribution is -2.60. The average molecular weight is 784 g/mol. The zero-order valence-electron chi connectivity index (χ0n) is 34.0. The molecule has 0 aromatic heterocycles. The largest absolute Gasteiger partial charge is 0.458 e. The SMILES string of the molecule is C[C@@H](OC(=O)[C@H](CC1CC1)N(C)C(=O)OC(=O)[C@](CCc1ccc(N2CCOCC2)cc1)(CC(C)(C)F)N(C)C(=O)OC(C)(C)C)C(=O)OCc1ccccc1. The molecule has 13 nitrogen and oxygen atoms in total. The highest BCUT2D eigenvalue weighted by atomic mass is 19.1. The van der Waals surface area contributed by atoms with E-state index in [1.54, 1.807) is 45.0 Å². The summed E-state index contributed by atoms with van der Waals surface area (Å²) in [5.41, 5.74) is -2.44. The molecule has 56 heavy (non-hydrogen) atoms. The number of halogens is 1. The number of hydrogen-bond acceptors (Lipinski definition) is 11. The van der Waals surface area contributed by atoms with Gasteiger partial charge in [-0.05, 0) is 90.0 Å². The number of hydrogen-bond donors (Lipinski definition) is 0. The van der Waals surface area contributed by atoms with Crippen LogP contribution < -0.4 is 4.90 Å². The lowest BCUT2D eigenvalue weighted by atomic mass is 9.81. The first-order valence-corrected chi connectivity index (χ1v) is 19.3. The van der Waals surface area contributed by atoms with E-state index >= 15 is 4.39 Å². The Labute approximate surface area is 329 Å². The second-order valence-electron chi connectivity index (χ2n) is 16.4. The van der Waals surface area contributed by atoms with Gasteiger partial charge in [-0.2, -0.15) is 0 Å². The molecule has 2 aromatic rings. The molecule has 1 saturated heterocycles. The number of morpholine rings is 1. The van der Waals surface area contributed by atoms with Crippen molar-refractivity contribution in [3.63, 3.8) is 0 Å². The van der Waals surface area contributed by atoms with E-state index < -0.39 is 65.5 Å². The molecule has 1 heterocycles. The Kier molecular flexibility index (Phi) is 14.9. The number of ether oxygens (including phenoxy) is 5. The Morgan fingerprint density at radius 3 is 2.07 bits per heavy atom. The van der Waals surface area contributed by atoms with E-state index in [0.717, 1.165) is 52.5 Å². The molecule has 1 aliphatic heterocycles. The highest BCUT2D eigenvalue weighted by molar-refractivity contribution is 5.94. The van der Waals surface area contributed by atoms with Gasteiger partial charge in [0.2, 0.25) is 0 Å². The van der Waals surface area contributed by atoms with Crippen LogP contribution in [0.3, 0.4) is 0 Å². The number of aryl methyl sites for hydroxylation is 1. The number of carbonyl (C=O) groups excluding carboxylic acids is 5. The van der Waals surface area contributed by atoms with Crippen LogP contribution in [0.2, 0.25) is 0 Å². The summed E-state index contributed by atoms with van der Waals surface area (Å²) in [5.74, 6) is -2.73. The number of nitrogens with zero attached hydrogens (tertiary/aromatic N) is 3. The van der Waals surface area contributed by atoms with Crippen molar-refractivity contribution >= 4 is 35.8 Å². The highest BCUT2D eigenvalue weighted by Gasteiger charge is 2.52. The van der Waals surface area contributed by atoms with Crippen LogP contribution in [-0.2, 0) is 51.1 Å². The number of benzene rings is 2. The number of alkyl halides is 1. The van der Waals surface area contributed by atoms with Crippen molar-refractivity contribution in [2.24, 2.45) is 5.92 Å². The number of likely N-dealkylation sites (N-methyl/N-ethyl adjacent to an activating group) is 2. The molecule has 14 heteroatoms. The van der Waals surface area contributed by atoms with E-state index in [1.807, 2.05) is 30.3 Å². The minimum atomic E-state index is -2.02. The van der Waals surface area contributed by atoms with Crippen LogP contribution in [0, 0.1) is 5.92 Å². The molecule has 2 fully saturated rings. The second-order valence-corrected chi connectivity index (χ2v) is 16.4. The van der Waals surface area contributed by atoms with E-state index in [4.69, 9.17) is 23.7 Å². The zero-order valence-corrected chi connectivity index (χ0v) is 34.0. The van der Waals surface area contributed by atoms with Gasteiger partial charge in [-0.1, -0.05) is 55.3 Å². The molecule has 3 atom stereocenters. The minimum Gasteiger partial charge on any atom is -0.458 e. The Morgan fingerprint density at radius 2 is 1.50 bits per heavy atom. The van der Waals surface area contributed by atoms with Crippen LogP contribution in [0.25, 0.3) is 0 Å². The monoisotopic (exact) mass is 783 g/mol. The van der Waals surface area contributed by atoms with Crippen molar-refractivity contribution in [3.05, 3.63) is 65.7 Å². The Bertz CT molecular complexity index is 1650. The van der Waals surface area contributed by atoms with Gasteiger partial charge in [-0.3, -0.25) is 9.80 Å². The summed E-state index contributed by atoms with van der Waals surface area (Å²) in [4.78, 5) is 72.3. The van der Waals surface area contributed by atoms with E-state index in [0.29, 0.717) is 13.2 Å². The Hall–Kier alpha value is -4.72. The van der Waals surface area contributed by atoms with E-state index in [2.05, 4.69) is 4.90 Å². The van der Waals surface area contributed by atoms with Crippen LogP contribution in [0.15, 0.2) is 54.6 Å². The molecule has 0 unspecified atom stereocenters. The van der Waals surface area contributed by atoms with Crippen molar-refractivity contribution in [2.45, 2.75) is 116 Å². The minimum absolute atomic E-state index is 0.0175. The van der Waals surface area contributed by atoms with Gasteiger partial charge in [0.05, 0.1) is 13.2 Å². The van der Waals surface area contributed by atoms with Crippen molar-refractivity contribution < 1.29 is 52.0 Å². The third-order valence-corrected chi connectivity index (χ3v) is 9.85. The summed E-state index contributed by atoms with van der Waals surface area (Å²) in [6.45, 7) is 11.6. The fourth-order valence-electron chi connectivity index (χ4n) is 6.53. The van der Waals surface area contributed by atoms with Gasteiger partial charge in [-0.15, -0.1) is 0 Å². The fraction of sp³-hybridized carbons (Fsp3) is 0.595. The predicted molar refractivity (Wildman–Crippen MR) is 206 cm³/mol. The van der Waals surface area contributed by atoms with Gasteiger partial charge >= 0.3 is 30.1 Å². The summed E-state index contributed by atoms with van der Waals surface area (Å²) in [6, 6.07) is 15.5. The molecule has 1 aliphatic carbocycles. The predicted octanol–water partition coefficient (Wildman–Crippen LogP) is 6.64. The maximum atomic E-state index is 15.8. The number of carbonyl (C=O) groups is 5. The van der Waals surface area contributed by atoms with Crippen LogP contribution in [-0.4, -0.2) is 109 Å². The standard InChI is InChI=1S/C42H58FN3O10/c1-29(35(47)53-27-32-12-10-9-11-13-32)54-36(48)34(26-31-14-15-31)44(7)38(50)55-37(49)42(28-41(5,6)43,45(8)39(51)56-40(2,3)4)21-20-30-16-18-33(19-17-30)46-22-24-52-25-23-46/h9-13,16-19,29,31,34H,14-15,20-28H2,1-8H3/t29-,34+,42+/m1/s1. The van der Waals surface area contributed by atoms with Crippen molar-refractivity contribution in [1.29, 1.82) is 0 Å². The van der Waals surface area contributed by atoms with Crippen LogP contribution in [0.5, 0.6) is 0 Å². The number of anilines is 1. The summed E-state index contributed by atoms with van der Waals surface area (Å²) >= 11 is 0. The molecule has 308 valence electrons. The molecule has 0 spiro atoms. The van der Waals surface area contributed by atoms with Gasteiger partial charge in [0.15, 0.2) is 6.10 Å². The third-order valence-electron chi connectivity index (χ3n) is 9.85. The maximum absolute atomic E-state index is 15.8. The second kappa shape index (κ2) is 18.9. The Balaban J connectivity index is 1.55. The first kappa shape index (κ1) is 44.0. The molecule has 2 aliphatic rings. The molecule has 4 rings (SSSR count). The first-order valence-electron chi connectivity index (χ1n) is 19.3. The van der Waals surface area contributed by atoms with E-state index in [9.17, 15) is 24.0 Å². The van der Waals surface area contributed by atoms with Crippen LogP contribution >= 0.6 is 0 Å². The van der Waals surface area contributed by atoms with Gasteiger partial charge in [0.25, 0.3) is 0 Å². The average Bonchev–Trinajstić information content (AvgIpc) is 3.98. The molecule has 0 bridgehead atoms. The van der Waals surface area contributed by atoms with Gasteiger partial charge < -0.3 is 28.6 Å². The first-order chi connectivity index (χ1) is 26.3. The van der Waals surface area contributed by atoms with Gasteiger partial charge in [-0.25, -0.2) is 28.4 Å². The molecule has 0 radical (unpaired) electrons. The summed E-state index contributed by atoms with van der Waals surface area (Å²) in [5, 5.41) is 0. The van der Waals surface area contributed by atoms with Crippen molar-refractivity contribution in [2.75, 3.05) is 45.3 Å². The lowest BCUT2D eigenvalue weighted by molar-refractivity contribution is -0.170. The summed E-state index contributed by atoms with van der Waals surface area (Å²) in [7, 11) is 2.61. The van der Waals surface area contributed by atoms with Crippen molar-refractivity contribution in [1.82, 2.24) is 9.80 Å². The maximum Gasteiger partial charge on any atom is 0.418 e. The van der Waals surface area contributed by atoms with Crippen LogP contribution in [0.1, 0.15) is 84.8 Å². The smallest absolute Gasteiger partial charge is 0.418 e. The van der Waals surface area contributed by atoms with Gasteiger partial charge in [0, 0.05) is 39.3 Å². The van der Waals surface area contributed by atoms with E-state index in [1.165, 1.54) is 34.9 Å². The Morgan fingerprint density at radius 1 is 0.875 bits per heavy atom. The van der Waals surface area contributed by atoms with E-state index in [-0.39, 0.29) is 31.8 Å². The van der Waals surface area contributed by atoms with Gasteiger partial charge in [0.1, 0.15) is 29.5 Å². The summed E-state index contributed by atoms with van der Waals surface area (Å²) in [6.07, 6.45) is -2.01. The third kappa shape index (κ3) is 12.9. The molecular weight excluding hydrogens is 725 g/mol. The normalized spacial score (nSPS) is 16.8. The number of rotatable bonds is 16. The number of esters is 3. The molecule has 1 saturated carbocycles. The molecule has 2 aromatic carbocycles. The quantitative estimate of drug-likeness (QED) is 0.103. The topological polar surface area (TPSA) is 141 Å². The van der Waals surface area contributed by atoms with Crippen molar-refractivity contribution in [3.8, 4) is 0 Å². The fourth-order valence-corrected chi connectivity index (χ4v) is 6.53. The zero-order chi connectivity index (χ0) is 41.3. The van der Waals surface area contributed by atoms with Crippen LogP contribution in [0.4, 0.5) is 19.7 Å². The molecule has 0 N–H and O–H groups in total. The summed E-state index contributed by atoms with van der Waals surface area (Å²) < 4.78 is 43.2. The number of amides is 2. The molecular formula is C42H58FN3O10.